The third-order valence-corrected chi connectivity index (χ3v) is 10.7. The molecular formula is C55H38N4. The van der Waals surface area contributed by atoms with Crippen molar-refractivity contribution in [2.24, 2.45) is 0 Å². The van der Waals surface area contributed by atoms with E-state index in [2.05, 4.69) is 175 Å². The lowest BCUT2D eigenvalue weighted by Crippen LogP contribution is -2.11. The first-order valence-corrected chi connectivity index (χ1v) is 19.9. The summed E-state index contributed by atoms with van der Waals surface area (Å²) in [5.74, 6) is 1.92. The van der Waals surface area contributed by atoms with E-state index in [9.17, 15) is 0 Å². The fourth-order valence-electron chi connectivity index (χ4n) is 7.82. The predicted molar refractivity (Wildman–Crippen MR) is 245 cm³/mol. The lowest BCUT2D eigenvalue weighted by Gasteiger charge is -2.28. The van der Waals surface area contributed by atoms with Gasteiger partial charge in [0.1, 0.15) is 0 Å². The van der Waals surface area contributed by atoms with Gasteiger partial charge >= 0.3 is 0 Å². The second-order valence-corrected chi connectivity index (χ2v) is 14.5. The summed E-state index contributed by atoms with van der Waals surface area (Å²) in [6, 6.07) is 80.9. The Kier molecular flexibility index (Phi) is 9.55. The zero-order valence-electron chi connectivity index (χ0n) is 32.2. The molecule has 0 aliphatic carbocycles. The summed E-state index contributed by atoms with van der Waals surface area (Å²) >= 11 is 0. The average Bonchev–Trinajstić information content (AvgIpc) is 3.33. The molecule has 9 aromatic carbocycles. The zero-order valence-corrected chi connectivity index (χ0v) is 32.2. The summed E-state index contributed by atoms with van der Waals surface area (Å²) in [5, 5.41) is 2.32. The van der Waals surface area contributed by atoms with Gasteiger partial charge in [-0.1, -0.05) is 200 Å². The van der Waals surface area contributed by atoms with Gasteiger partial charge in [0, 0.05) is 33.5 Å². The van der Waals surface area contributed by atoms with Crippen LogP contribution >= 0.6 is 0 Å². The van der Waals surface area contributed by atoms with Gasteiger partial charge in [0.05, 0.1) is 5.69 Å². The Labute approximate surface area is 344 Å². The SMILES string of the molecule is c1ccc(-c2cccc(N(c3cccc(-c4ccccc4)c3)c3cccc4cccc(-c5ccc(-c6nc(-c7ccccc7)nc(-c7ccccc7)n6)cc5)c34)c2)cc1. The van der Waals surface area contributed by atoms with E-state index in [0.29, 0.717) is 17.5 Å². The highest BCUT2D eigenvalue weighted by Gasteiger charge is 2.20. The molecule has 0 atom stereocenters. The molecule has 0 radical (unpaired) electrons. The van der Waals surface area contributed by atoms with Gasteiger partial charge in [-0.05, 0) is 69.1 Å². The van der Waals surface area contributed by atoms with E-state index in [-0.39, 0.29) is 0 Å². The maximum atomic E-state index is 4.99. The molecule has 1 aromatic heterocycles. The average molecular weight is 755 g/mol. The molecule has 0 spiro atoms. The Morgan fingerprint density at radius 1 is 0.271 bits per heavy atom. The molecule has 4 nitrogen and oxygen atoms in total. The van der Waals surface area contributed by atoms with Crippen LogP contribution in [-0.4, -0.2) is 15.0 Å². The first kappa shape index (κ1) is 35.5. The third kappa shape index (κ3) is 7.27. The molecule has 10 rings (SSSR count). The van der Waals surface area contributed by atoms with Crippen molar-refractivity contribution < 1.29 is 0 Å². The summed E-state index contributed by atoms with van der Waals surface area (Å²) < 4.78 is 0. The van der Waals surface area contributed by atoms with Gasteiger partial charge in [-0.25, -0.2) is 15.0 Å². The molecule has 0 aliphatic heterocycles. The monoisotopic (exact) mass is 754 g/mol. The van der Waals surface area contributed by atoms with Crippen LogP contribution in [0.4, 0.5) is 17.1 Å². The molecule has 0 unspecified atom stereocenters. The topological polar surface area (TPSA) is 41.9 Å². The van der Waals surface area contributed by atoms with Gasteiger partial charge in [0.15, 0.2) is 17.5 Å². The molecule has 10 aromatic rings. The van der Waals surface area contributed by atoms with E-state index in [1.165, 1.54) is 11.1 Å². The van der Waals surface area contributed by atoms with E-state index >= 15 is 0 Å². The molecule has 1 heterocycles. The molecule has 59 heavy (non-hydrogen) atoms. The van der Waals surface area contributed by atoms with Crippen LogP contribution in [0.1, 0.15) is 0 Å². The van der Waals surface area contributed by atoms with Gasteiger partial charge in [-0.2, -0.15) is 0 Å². The molecule has 0 fully saturated rings. The Morgan fingerprint density at radius 2 is 0.644 bits per heavy atom. The minimum absolute atomic E-state index is 0.630. The van der Waals surface area contributed by atoms with E-state index in [0.717, 1.165) is 66.8 Å². The van der Waals surface area contributed by atoms with Crippen molar-refractivity contribution in [2.45, 2.75) is 0 Å². The number of nitrogens with zero attached hydrogens (tertiary/aromatic N) is 4. The van der Waals surface area contributed by atoms with Gasteiger partial charge in [0.2, 0.25) is 0 Å². The molecule has 4 heteroatoms. The van der Waals surface area contributed by atoms with Crippen LogP contribution in [0.3, 0.4) is 0 Å². The summed E-state index contributed by atoms with van der Waals surface area (Å²) in [4.78, 5) is 17.3. The predicted octanol–water partition coefficient (Wildman–Crippen LogP) is 14.5. The Bertz CT molecular complexity index is 2880. The highest BCUT2D eigenvalue weighted by Crippen LogP contribution is 2.44. The van der Waals surface area contributed by atoms with E-state index in [4.69, 9.17) is 15.0 Å². The lowest BCUT2D eigenvalue weighted by molar-refractivity contribution is 1.07. The van der Waals surface area contributed by atoms with Crippen LogP contribution in [0.25, 0.3) is 78.3 Å². The van der Waals surface area contributed by atoms with Crippen molar-refractivity contribution >= 4 is 27.8 Å². The molecule has 0 bridgehead atoms. The molecule has 0 saturated heterocycles. The van der Waals surface area contributed by atoms with Gasteiger partial charge in [0.25, 0.3) is 0 Å². The fraction of sp³-hybridized carbons (Fsp3) is 0. The first-order valence-electron chi connectivity index (χ1n) is 19.9. The van der Waals surface area contributed by atoms with Gasteiger partial charge in [-0.3, -0.25) is 0 Å². The van der Waals surface area contributed by atoms with Crippen molar-refractivity contribution in [1.82, 2.24) is 15.0 Å². The fourth-order valence-corrected chi connectivity index (χ4v) is 7.82. The number of benzene rings is 9. The Morgan fingerprint density at radius 3 is 1.12 bits per heavy atom. The van der Waals surface area contributed by atoms with Crippen molar-refractivity contribution in [3.8, 4) is 67.5 Å². The van der Waals surface area contributed by atoms with Crippen molar-refractivity contribution in [3.63, 3.8) is 0 Å². The minimum atomic E-state index is 0.630. The quantitative estimate of drug-likeness (QED) is 0.147. The number of aromatic nitrogens is 3. The van der Waals surface area contributed by atoms with Crippen LogP contribution in [0.2, 0.25) is 0 Å². The van der Waals surface area contributed by atoms with E-state index in [1.807, 2.05) is 60.7 Å². The van der Waals surface area contributed by atoms with Crippen LogP contribution in [-0.2, 0) is 0 Å². The molecular weight excluding hydrogens is 717 g/mol. The number of rotatable bonds is 9. The molecule has 0 N–H and O–H groups in total. The lowest BCUT2D eigenvalue weighted by atomic mass is 9.95. The maximum Gasteiger partial charge on any atom is 0.164 e. The van der Waals surface area contributed by atoms with E-state index in [1.54, 1.807) is 0 Å². The van der Waals surface area contributed by atoms with Crippen molar-refractivity contribution in [1.29, 1.82) is 0 Å². The number of fused-ring (bicyclic) bond motifs is 1. The number of hydrogen-bond acceptors (Lipinski definition) is 4. The van der Waals surface area contributed by atoms with E-state index < -0.39 is 0 Å². The summed E-state index contributed by atoms with van der Waals surface area (Å²) in [5.41, 5.74) is 13.0. The summed E-state index contributed by atoms with van der Waals surface area (Å²) in [7, 11) is 0. The summed E-state index contributed by atoms with van der Waals surface area (Å²) in [6.07, 6.45) is 0. The zero-order chi connectivity index (χ0) is 39.4. The second kappa shape index (κ2) is 15.9. The van der Waals surface area contributed by atoms with Crippen LogP contribution in [0, 0.1) is 0 Å². The normalized spacial score (nSPS) is 11.1. The highest BCUT2D eigenvalue weighted by atomic mass is 15.1. The minimum Gasteiger partial charge on any atom is -0.310 e. The molecule has 0 saturated carbocycles. The Balaban J connectivity index is 1.11. The largest absolute Gasteiger partial charge is 0.310 e. The van der Waals surface area contributed by atoms with Gasteiger partial charge in [-0.15, -0.1) is 0 Å². The molecule has 0 amide bonds. The maximum absolute atomic E-state index is 4.99. The summed E-state index contributed by atoms with van der Waals surface area (Å²) in [6.45, 7) is 0. The standard InChI is InChI=1S/C55H38N4/c1-5-17-39(18-6-1)46-27-13-29-48(37-46)59(49-30-14-28-47(38-49)40-19-7-2-8-20-40)51-32-16-26-42-25-15-31-50(52(42)51)41-33-35-45(36-34-41)55-57-53(43-21-9-3-10-22-43)56-54(58-55)44-23-11-4-12-24-44/h1-38H. The number of hydrogen-bond donors (Lipinski definition) is 0. The molecule has 278 valence electrons. The number of anilines is 3. The van der Waals surface area contributed by atoms with Crippen LogP contribution < -0.4 is 4.90 Å². The van der Waals surface area contributed by atoms with Crippen molar-refractivity contribution in [3.05, 3.63) is 231 Å². The first-order chi connectivity index (χ1) is 29.2. The van der Waals surface area contributed by atoms with Gasteiger partial charge < -0.3 is 4.90 Å². The second-order valence-electron chi connectivity index (χ2n) is 14.5. The third-order valence-electron chi connectivity index (χ3n) is 10.7. The van der Waals surface area contributed by atoms with Crippen molar-refractivity contribution in [2.75, 3.05) is 4.90 Å². The molecule has 0 aliphatic rings. The van der Waals surface area contributed by atoms with Crippen LogP contribution in [0.5, 0.6) is 0 Å². The smallest absolute Gasteiger partial charge is 0.164 e. The Hall–Kier alpha value is -7.95. The highest BCUT2D eigenvalue weighted by molar-refractivity contribution is 6.08. The van der Waals surface area contributed by atoms with Crippen LogP contribution in [0.15, 0.2) is 231 Å².